The number of amides is 2. The number of hydrogen-bond donors (Lipinski definition) is 6. The van der Waals surface area contributed by atoms with Gasteiger partial charge in [0.15, 0.2) is 11.6 Å². The summed E-state index contributed by atoms with van der Waals surface area (Å²) in [7, 11) is 0. The number of nitrogens with one attached hydrogen (secondary N) is 4. The Bertz CT molecular complexity index is 1410. The van der Waals surface area contributed by atoms with Crippen molar-refractivity contribution in [3.8, 4) is 0 Å². The van der Waals surface area contributed by atoms with Crippen LogP contribution in [0.1, 0.15) is 106 Å². The quantitative estimate of drug-likeness (QED) is 0.0685. The van der Waals surface area contributed by atoms with Gasteiger partial charge in [-0.15, -0.1) is 0 Å². The molecular formula is C32H48F12N6O9. The number of carbonyl (C=O) groups is 7. The van der Waals surface area contributed by atoms with E-state index in [2.05, 4.69) is 16.3 Å². The Morgan fingerprint density at radius 1 is 0.593 bits per heavy atom. The minimum absolute atomic E-state index is 0.0123. The first-order valence-electron chi connectivity index (χ1n) is 17.1. The molecule has 3 saturated carbocycles. The van der Waals surface area contributed by atoms with E-state index in [0.717, 1.165) is 0 Å². The van der Waals surface area contributed by atoms with Crippen molar-refractivity contribution in [3.63, 3.8) is 0 Å². The number of ketones is 5. The van der Waals surface area contributed by atoms with Gasteiger partial charge in [0.05, 0.1) is 24.9 Å². The van der Waals surface area contributed by atoms with E-state index in [1.54, 1.807) is 41.5 Å². The van der Waals surface area contributed by atoms with Gasteiger partial charge in [-0.25, -0.2) is 52.6 Å². The van der Waals surface area contributed by atoms with E-state index in [0.29, 0.717) is 0 Å². The molecule has 3 aliphatic rings. The fourth-order valence-corrected chi connectivity index (χ4v) is 4.20. The molecule has 0 spiro atoms. The maximum atomic E-state index is 12.9. The second kappa shape index (κ2) is 23.0. The SMILES string of the molecule is CC(C)(C)OC(=O)NN.CC(C)(C)OC(=O)NNC1CCC(F)(F)CC1=O.NNC1CCC(F)(F)CC1=O.O=C(C(=O)C(F)(F)F)C(F)(F)F.O=C1CCC(F)(F)CC1. The van der Waals surface area contributed by atoms with E-state index in [1.165, 1.54) is 0 Å². The molecule has 0 bridgehead atoms. The van der Waals surface area contributed by atoms with Gasteiger partial charge in [0.25, 0.3) is 11.8 Å². The molecule has 2 unspecified atom stereocenters. The Labute approximate surface area is 329 Å². The van der Waals surface area contributed by atoms with Gasteiger partial charge in [-0.3, -0.25) is 40.7 Å². The maximum Gasteiger partial charge on any atom is 0.458 e. The first-order valence-corrected chi connectivity index (χ1v) is 17.1. The molecule has 0 aliphatic heterocycles. The molecule has 3 aliphatic carbocycles. The van der Waals surface area contributed by atoms with Crippen molar-refractivity contribution in [2.24, 2.45) is 11.7 Å². The van der Waals surface area contributed by atoms with Gasteiger partial charge < -0.3 is 9.47 Å². The average Bonchev–Trinajstić information content (AvgIpc) is 3.03. The minimum Gasteiger partial charge on any atom is -0.443 e. The van der Waals surface area contributed by atoms with E-state index in [9.17, 15) is 86.2 Å². The van der Waals surface area contributed by atoms with Crippen molar-refractivity contribution >= 4 is 41.1 Å². The van der Waals surface area contributed by atoms with Crippen LogP contribution >= 0.6 is 0 Å². The van der Waals surface area contributed by atoms with E-state index in [-0.39, 0.29) is 57.1 Å². The van der Waals surface area contributed by atoms with E-state index in [1.807, 2.05) is 5.43 Å². The largest absolute Gasteiger partial charge is 0.458 e. The molecule has 8 N–H and O–H groups in total. The zero-order valence-corrected chi connectivity index (χ0v) is 32.6. The summed E-state index contributed by atoms with van der Waals surface area (Å²) in [4.78, 5) is 73.5. The Kier molecular flexibility index (Phi) is 22.3. The molecular weight excluding hydrogens is 840 g/mol. The van der Waals surface area contributed by atoms with Crippen LogP contribution in [-0.4, -0.2) is 94.5 Å². The van der Waals surface area contributed by atoms with Gasteiger partial charge in [-0.05, 0) is 54.4 Å². The minimum atomic E-state index is -5.77. The standard InChI is InChI=1S/C11H18F2N2O3.C6H10F2N2O.C6H8F2O.C5H12N2O2.C4F6O2/c1-10(2,3)18-9(17)15-14-7-4-5-11(12,13)6-8(7)16;7-6(8)2-1-4(10-9)5(11)3-6;7-6(8)3-1-5(9)2-4-6;1-5(2,3)9-4(8)7-6;5-3(6,7)1(11)2(12)4(8,9)10/h7,14H,4-6H2,1-3H3,(H,15,17);4,10H,1-3,9H2;1-4H2;6H2,1-3H3,(H,7,8);. The summed E-state index contributed by atoms with van der Waals surface area (Å²) in [6, 6.07) is -1.35. The predicted molar refractivity (Wildman–Crippen MR) is 179 cm³/mol. The van der Waals surface area contributed by atoms with Gasteiger partial charge >= 0.3 is 36.1 Å². The summed E-state index contributed by atoms with van der Waals surface area (Å²) in [6.45, 7) is 10.4. The number of carbonyl (C=O) groups excluding carboxylic acids is 7. The topological polar surface area (TPSA) is 238 Å². The third-order valence-electron chi connectivity index (χ3n) is 6.97. The summed E-state index contributed by atoms with van der Waals surface area (Å²) < 4.78 is 152. The summed E-state index contributed by atoms with van der Waals surface area (Å²) in [5.74, 6) is -6.53. The summed E-state index contributed by atoms with van der Waals surface area (Å²) >= 11 is 0. The zero-order valence-electron chi connectivity index (χ0n) is 32.6. The van der Waals surface area contributed by atoms with Crippen molar-refractivity contribution in [2.75, 3.05) is 0 Å². The highest BCUT2D eigenvalue weighted by Crippen LogP contribution is 2.32. The van der Waals surface area contributed by atoms with Crippen LogP contribution in [0.25, 0.3) is 0 Å². The second-order valence-corrected chi connectivity index (χ2v) is 14.8. The van der Waals surface area contributed by atoms with Crippen molar-refractivity contribution < 1.29 is 95.7 Å². The summed E-state index contributed by atoms with van der Waals surface area (Å²) in [5.41, 5.74) is 7.56. The highest BCUT2D eigenvalue weighted by Gasteiger charge is 2.54. The van der Waals surface area contributed by atoms with Gasteiger partial charge in [-0.2, -0.15) is 26.3 Å². The number of alkyl halides is 12. The highest BCUT2D eigenvalue weighted by molar-refractivity contribution is 6.41. The molecule has 2 atom stereocenters. The van der Waals surface area contributed by atoms with Crippen LogP contribution in [-0.2, 0) is 33.4 Å². The van der Waals surface area contributed by atoms with E-state index in [4.69, 9.17) is 21.2 Å². The molecule has 0 aromatic rings. The summed E-state index contributed by atoms with van der Waals surface area (Å²) in [5, 5.41) is 0. The smallest absolute Gasteiger partial charge is 0.443 e. The van der Waals surface area contributed by atoms with Crippen LogP contribution in [0.5, 0.6) is 0 Å². The molecule has 27 heteroatoms. The first-order chi connectivity index (χ1) is 26.3. The Hall–Kier alpha value is -4.11. The lowest BCUT2D eigenvalue weighted by atomic mass is 9.91. The average molecular weight is 889 g/mol. The van der Waals surface area contributed by atoms with Crippen LogP contribution in [0.4, 0.5) is 62.3 Å². The molecule has 3 rings (SSSR count). The lowest BCUT2D eigenvalue weighted by Crippen LogP contribution is -2.52. The van der Waals surface area contributed by atoms with Gasteiger partial charge in [0.2, 0.25) is 5.92 Å². The number of halogens is 12. The zero-order chi connectivity index (χ0) is 47.0. The molecule has 0 radical (unpaired) electrons. The molecule has 0 heterocycles. The van der Waals surface area contributed by atoms with Crippen LogP contribution in [0.15, 0.2) is 0 Å². The van der Waals surface area contributed by atoms with Crippen molar-refractivity contribution in [1.29, 1.82) is 0 Å². The third-order valence-corrected chi connectivity index (χ3v) is 6.97. The van der Waals surface area contributed by atoms with Gasteiger partial charge in [-0.1, -0.05) is 0 Å². The van der Waals surface area contributed by atoms with E-state index >= 15 is 0 Å². The van der Waals surface area contributed by atoms with Gasteiger partial charge in [0, 0.05) is 38.5 Å². The lowest BCUT2D eigenvalue weighted by molar-refractivity contribution is -0.193. The normalized spacial score (nSPS) is 21.1. The van der Waals surface area contributed by atoms with Gasteiger partial charge in [0.1, 0.15) is 17.0 Å². The Morgan fingerprint density at radius 3 is 1.22 bits per heavy atom. The number of nitrogens with two attached hydrogens (primary N) is 2. The van der Waals surface area contributed by atoms with E-state index < -0.39 is 102 Å². The Balaban J connectivity index is 0. The molecule has 344 valence electrons. The predicted octanol–water partition coefficient (Wildman–Crippen LogP) is 5.38. The highest BCUT2D eigenvalue weighted by atomic mass is 19.4. The number of rotatable bonds is 4. The lowest BCUT2D eigenvalue weighted by Gasteiger charge is -2.28. The number of ether oxygens (including phenoxy) is 2. The molecule has 0 aromatic carbocycles. The first kappa shape index (κ1) is 57.0. The molecule has 15 nitrogen and oxygen atoms in total. The molecule has 2 amide bonds. The van der Waals surface area contributed by atoms with Crippen LogP contribution < -0.4 is 33.4 Å². The number of hydrogen-bond acceptors (Lipinski definition) is 13. The molecule has 3 fully saturated rings. The molecule has 59 heavy (non-hydrogen) atoms. The Morgan fingerprint density at radius 2 is 0.949 bits per heavy atom. The van der Waals surface area contributed by atoms with Crippen LogP contribution in [0, 0.1) is 0 Å². The number of hydrazine groups is 3. The molecule has 0 saturated heterocycles. The monoisotopic (exact) mass is 888 g/mol. The number of Topliss-reactive ketones (excluding diaryl/α,β-unsaturated/α-hetero) is 5. The fraction of sp³-hybridized carbons (Fsp3) is 0.781. The van der Waals surface area contributed by atoms with Crippen LogP contribution in [0.3, 0.4) is 0 Å². The second-order valence-electron chi connectivity index (χ2n) is 14.8. The summed E-state index contributed by atoms with van der Waals surface area (Å²) in [6.07, 6.45) is -15.2. The fourth-order valence-electron chi connectivity index (χ4n) is 4.20. The molecule has 0 aromatic heterocycles. The van der Waals surface area contributed by atoms with Crippen molar-refractivity contribution in [1.82, 2.24) is 21.7 Å². The third kappa shape index (κ3) is 27.3. The van der Waals surface area contributed by atoms with Crippen molar-refractivity contribution in [2.45, 2.75) is 159 Å². The van der Waals surface area contributed by atoms with Crippen molar-refractivity contribution in [3.05, 3.63) is 0 Å². The van der Waals surface area contributed by atoms with Crippen LogP contribution in [0.2, 0.25) is 0 Å². The maximum absolute atomic E-state index is 12.9.